The Balaban J connectivity index is 1.73. The predicted molar refractivity (Wildman–Crippen MR) is 71.3 cm³/mol. The number of hydrogen-bond donors (Lipinski definition) is 1. The van der Waals surface area contributed by atoms with Gasteiger partial charge in [0.2, 0.25) is 5.82 Å². The van der Waals surface area contributed by atoms with Crippen molar-refractivity contribution >= 4 is 0 Å². The molecule has 1 fully saturated rings. The van der Waals surface area contributed by atoms with Crippen LogP contribution in [0.5, 0.6) is 5.75 Å². The molecule has 0 aromatic heterocycles. The number of halogens is 2. The number of nitrogens with one attached hydrogen (secondary N) is 1. The van der Waals surface area contributed by atoms with Gasteiger partial charge in [-0.25, -0.2) is 4.39 Å². The number of ether oxygens (including phenoxy) is 1. The molecule has 1 aliphatic rings. The van der Waals surface area contributed by atoms with Gasteiger partial charge in [-0.05, 0) is 30.9 Å². The topological polar surface area (TPSA) is 21.3 Å². The van der Waals surface area contributed by atoms with Crippen LogP contribution in [0.4, 0.5) is 8.78 Å². The third-order valence-corrected chi connectivity index (χ3v) is 3.79. The average molecular weight is 269 g/mol. The molecule has 2 nitrogen and oxygen atoms in total. The summed E-state index contributed by atoms with van der Waals surface area (Å²) in [6, 6.07) is 4.51. The lowest BCUT2D eigenvalue weighted by Gasteiger charge is -2.29. The minimum atomic E-state index is -0.909. The second-order valence-electron chi connectivity index (χ2n) is 5.22. The van der Waals surface area contributed by atoms with Crippen LogP contribution in [-0.2, 0) is 0 Å². The van der Waals surface area contributed by atoms with Crippen LogP contribution >= 0.6 is 0 Å². The van der Waals surface area contributed by atoms with E-state index >= 15 is 0 Å². The molecular weight excluding hydrogens is 248 g/mol. The van der Waals surface area contributed by atoms with Gasteiger partial charge >= 0.3 is 0 Å². The van der Waals surface area contributed by atoms with Crippen LogP contribution in [0.3, 0.4) is 0 Å². The Morgan fingerprint density at radius 3 is 2.84 bits per heavy atom. The summed E-state index contributed by atoms with van der Waals surface area (Å²) in [6.07, 6.45) is 5.03. The highest BCUT2D eigenvalue weighted by Crippen LogP contribution is 2.23. The molecule has 1 aliphatic carbocycles. The smallest absolute Gasteiger partial charge is 0.200 e. The Morgan fingerprint density at radius 1 is 1.26 bits per heavy atom. The van der Waals surface area contributed by atoms with Crippen LogP contribution in [0.2, 0.25) is 0 Å². The van der Waals surface area contributed by atoms with Gasteiger partial charge in [-0.1, -0.05) is 25.8 Å². The van der Waals surface area contributed by atoms with Crippen molar-refractivity contribution in [1.29, 1.82) is 0 Å². The molecule has 106 valence electrons. The first-order valence-electron chi connectivity index (χ1n) is 6.98. The van der Waals surface area contributed by atoms with Crippen LogP contribution in [0.1, 0.15) is 32.6 Å². The molecule has 2 rings (SSSR count). The Bertz CT molecular complexity index is 411. The molecule has 4 heteroatoms. The summed E-state index contributed by atoms with van der Waals surface area (Å²) in [5.41, 5.74) is 0. The summed E-state index contributed by atoms with van der Waals surface area (Å²) in [5, 5.41) is 3.43. The van der Waals surface area contributed by atoms with E-state index in [2.05, 4.69) is 12.2 Å². The van der Waals surface area contributed by atoms with Crippen molar-refractivity contribution in [3.05, 3.63) is 29.8 Å². The molecule has 2 atom stereocenters. The third kappa shape index (κ3) is 3.90. The van der Waals surface area contributed by atoms with E-state index in [-0.39, 0.29) is 5.75 Å². The fraction of sp³-hybridized carbons (Fsp3) is 0.600. The molecule has 0 spiro atoms. The van der Waals surface area contributed by atoms with E-state index in [1.54, 1.807) is 0 Å². The van der Waals surface area contributed by atoms with Gasteiger partial charge in [0, 0.05) is 12.6 Å². The van der Waals surface area contributed by atoms with Crippen molar-refractivity contribution in [1.82, 2.24) is 5.32 Å². The van der Waals surface area contributed by atoms with Crippen LogP contribution in [0.25, 0.3) is 0 Å². The van der Waals surface area contributed by atoms with Gasteiger partial charge in [0.15, 0.2) is 11.6 Å². The van der Waals surface area contributed by atoms with Crippen LogP contribution in [0, 0.1) is 17.6 Å². The summed E-state index contributed by atoms with van der Waals surface area (Å²) in [5.74, 6) is -1.11. The molecule has 0 radical (unpaired) electrons. The first-order chi connectivity index (χ1) is 9.18. The van der Waals surface area contributed by atoms with Crippen LogP contribution in [-0.4, -0.2) is 19.2 Å². The SMILES string of the molecule is CC1CCCCC1NCCOc1cccc(F)c1F. The van der Waals surface area contributed by atoms with Gasteiger partial charge in [-0.15, -0.1) is 0 Å². The number of hydrogen-bond acceptors (Lipinski definition) is 2. The lowest BCUT2D eigenvalue weighted by Crippen LogP contribution is -2.39. The molecule has 19 heavy (non-hydrogen) atoms. The monoisotopic (exact) mass is 269 g/mol. The summed E-state index contributed by atoms with van der Waals surface area (Å²) in [6.45, 7) is 3.26. The van der Waals surface area contributed by atoms with Gasteiger partial charge in [0.05, 0.1) is 0 Å². The molecule has 0 bridgehead atoms. The number of rotatable bonds is 5. The van der Waals surface area contributed by atoms with Gasteiger partial charge in [0.1, 0.15) is 6.61 Å². The maximum Gasteiger partial charge on any atom is 0.200 e. The van der Waals surface area contributed by atoms with Crippen molar-refractivity contribution in [3.8, 4) is 5.75 Å². The molecule has 1 aromatic carbocycles. The Morgan fingerprint density at radius 2 is 2.05 bits per heavy atom. The summed E-state index contributed by atoms with van der Waals surface area (Å²) < 4.78 is 31.6. The quantitative estimate of drug-likeness (QED) is 0.826. The van der Waals surface area contributed by atoms with E-state index in [0.29, 0.717) is 25.1 Å². The van der Waals surface area contributed by atoms with Crippen molar-refractivity contribution < 1.29 is 13.5 Å². The van der Waals surface area contributed by atoms with Crippen molar-refractivity contribution in [2.75, 3.05) is 13.2 Å². The normalized spacial score (nSPS) is 23.3. The predicted octanol–water partition coefficient (Wildman–Crippen LogP) is 3.51. The van der Waals surface area contributed by atoms with Gasteiger partial charge < -0.3 is 10.1 Å². The lowest BCUT2D eigenvalue weighted by atomic mass is 9.86. The Kier molecular flexibility index (Phi) is 5.14. The maximum atomic E-state index is 13.3. The molecule has 0 aliphatic heterocycles. The maximum absolute atomic E-state index is 13.3. The standard InChI is InChI=1S/C15H21F2NO/c1-11-5-2-3-7-13(11)18-9-10-19-14-8-4-6-12(16)15(14)17/h4,6,8,11,13,18H,2-3,5,7,9-10H2,1H3. The largest absolute Gasteiger partial charge is 0.489 e. The van der Waals surface area contributed by atoms with Crippen LogP contribution < -0.4 is 10.1 Å². The van der Waals surface area contributed by atoms with Gasteiger partial charge in [0.25, 0.3) is 0 Å². The zero-order chi connectivity index (χ0) is 13.7. The van der Waals surface area contributed by atoms with Crippen molar-refractivity contribution in [3.63, 3.8) is 0 Å². The third-order valence-electron chi connectivity index (χ3n) is 3.79. The highest BCUT2D eigenvalue weighted by molar-refractivity contribution is 5.24. The highest BCUT2D eigenvalue weighted by Gasteiger charge is 2.20. The summed E-state index contributed by atoms with van der Waals surface area (Å²) >= 11 is 0. The summed E-state index contributed by atoms with van der Waals surface area (Å²) in [4.78, 5) is 0. The minimum Gasteiger partial charge on any atom is -0.489 e. The van der Waals surface area contributed by atoms with Gasteiger partial charge in [-0.2, -0.15) is 4.39 Å². The molecule has 2 unspecified atom stereocenters. The second-order valence-corrected chi connectivity index (χ2v) is 5.22. The molecule has 1 aromatic rings. The molecule has 0 heterocycles. The first-order valence-corrected chi connectivity index (χ1v) is 6.98. The fourth-order valence-electron chi connectivity index (χ4n) is 2.62. The number of benzene rings is 1. The van der Waals surface area contributed by atoms with E-state index < -0.39 is 11.6 Å². The molecule has 1 N–H and O–H groups in total. The zero-order valence-electron chi connectivity index (χ0n) is 11.3. The fourth-order valence-corrected chi connectivity index (χ4v) is 2.62. The minimum absolute atomic E-state index is 0.0153. The molecule has 0 amide bonds. The van der Waals surface area contributed by atoms with E-state index in [0.717, 1.165) is 6.07 Å². The Labute approximate surface area is 113 Å². The van der Waals surface area contributed by atoms with E-state index in [1.165, 1.54) is 37.8 Å². The molecule has 0 saturated heterocycles. The highest BCUT2D eigenvalue weighted by atomic mass is 19.2. The Hall–Kier alpha value is -1.16. The van der Waals surface area contributed by atoms with Gasteiger partial charge in [-0.3, -0.25) is 0 Å². The van der Waals surface area contributed by atoms with Crippen molar-refractivity contribution in [2.45, 2.75) is 38.6 Å². The molecular formula is C15H21F2NO. The first kappa shape index (κ1) is 14.3. The molecule has 1 saturated carbocycles. The van der Waals surface area contributed by atoms with Crippen LogP contribution in [0.15, 0.2) is 18.2 Å². The zero-order valence-corrected chi connectivity index (χ0v) is 11.3. The summed E-state index contributed by atoms with van der Waals surface area (Å²) in [7, 11) is 0. The average Bonchev–Trinajstić information content (AvgIpc) is 2.41. The van der Waals surface area contributed by atoms with E-state index in [1.807, 2.05) is 0 Å². The second kappa shape index (κ2) is 6.85. The van der Waals surface area contributed by atoms with E-state index in [4.69, 9.17) is 4.74 Å². The van der Waals surface area contributed by atoms with Crippen molar-refractivity contribution in [2.24, 2.45) is 5.92 Å². The van der Waals surface area contributed by atoms with E-state index in [9.17, 15) is 8.78 Å². The lowest BCUT2D eigenvalue weighted by molar-refractivity contribution is 0.245.